The van der Waals surface area contributed by atoms with E-state index in [4.69, 9.17) is 4.52 Å². The van der Waals surface area contributed by atoms with Gasteiger partial charge < -0.3 is 9.42 Å². The number of aryl methyl sites for hydroxylation is 2. The molecule has 1 aromatic carbocycles. The van der Waals surface area contributed by atoms with Crippen molar-refractivity contribution in [1.29, 1.82) is 0 Å². The fourth-order valence-corrected chi connectivity index (χ4v) is 3.87. The van der Waals surface area contributed by atoms with E-state index >= 15 is 0 Å². The Morgan fingerprint density at radius 1 is 1.22 bits per heavy atom. The average molecular weight is 312 g/mol. The molecule has 3 rings (SSSR count). The molecule has 0 N–H and O–H groups in total. The van der Waals surface area contributed by atoms with E-state index in [1.165, 1.54) is 55.5 Å². The van der Waals surface area contributed by atoms with Gasteiger partial charge in [0, 0.05) is 17.7 Å². The topological polar surface area (TPSA) is 29.3 Å². The van der Waals surface area contributed by atoms with Crippen LogP contribution >= 0.6 is 0 Å². The number of hydrogen-bond acceptors (Lipinski definition) is 3. The summed E-state index contributed by atoms with van der Waals surface area (Å²) in [5.74, 6) is 0.878. The van der Waals surface area contributed by atoms with Crippen LogP contribution in [0.15, 0.2) is 28.8 Å². The Kier molecular flexibility index (Phi) is 5.16. The van der Waals surface area contributed by atoms with E-state index in [1.807, 2.05) is 6.92 Å². The molecule has 0 bridgehead atoms. The molecule has 1 aliphatic carbocycles. The third kappa shape index (κ3) is 3.50. The molecule has 2 aromatic rings. The van der Waals surface area contributed by atoms with Gasteiger partial charge in [-0.05, 0) is 63.2 Å². The van der Waals surface area contributed by atoms with Gasteiger partial charge in [-0.1, -0.05) is 37.2 Å². The van der Waals surface area contributed by atoms with Crippen LogP contribution in [-0.2, 0) is 12.8 Å². The highest BCUT2D eigenvalue weighted by molar-refractivity contribution is 5.66. The largest absolute Gasteiger partial charge is 0.361 e. The van der Waals surface area contributed by atoms with Crippen LogP contribution in [0.25, 0.3) is 11.3 Å². The Hall–Kier alpha value is -1.61. The molecular weight excluding hydrogens is 284 g/mol. The van der Waals surface area contributed by atoms with E-state index < -0.39 is 0 Å². The lowest BCUT2D eigenvalue weighted by Gasteiger charge is -2.35. The van der Waals surface area contributed by atoms with Crippen LogP contribution in [0.2, 0.25) is 0 Å². The smallest absolute Gasteiger partial charge is 0.134 e. The van der Waals surface area contributed by atoms with E-state index in [1.54, 1.807) is 0 Å². The number of fused-ring (bicyclic) bond motifs is 1. The first-order valence-corrected chi connectivity index (χ1v) is 9.01. The van der Waals surface area contributed by atoms with Crippen LogP contribution in [0.1, 0.15) is 50.0 Å². The number of nitrogens with zero attached hydrogens (tertiary/aromatic N) is 2. The molecule has 0 fully saturated rings. The van der Waals surface area contributed by atoms with E-state index in [2.05, 4.69) is 48.2 Å². The lowest BCUT2D eigenvalue weighted by molar-refractivity contribution is 0.180. The van der Waals surface area contributed by atoms with Crippen LogP contribution in [0, 0.1) is 6.92 Å². The minimum absolute atomic E-state index is 0.663. The van der Waals surface area contributed by atoms with Gasteiger partial charge in [0.1, 0.15) is 11.5 Å². The van der Waals surface area contributed by atoms with Crippen molar-refractivity contribution in [2.24, 2.45) is 0 Å². The van der Waals surface area contributed by atoms with Crippen molar-refractivity contribution in [3.8, 4) is 11.3 Å². The summed E-state index contributed by atoms with van der Waals surface area (Å²) in [5, 5.41) is 4.25. The molecular formula is C20H28N2O. The molecule has 0 saturated heterocycles. The first-order valence-electron chi connectivity index (χ1n) is 9.01. The summed E-state index contributed by atoms with van der Waals surface area (Å²) < 4.78 is 5.30. The fraction of sp³-hybridized carbons (Fsp3) is 0.550. The third-order valence-electron chi connectivity index (χ3n) is 4.90. The van der Waals surface area contributed by atoms with Gasteiger partial charge in [0.05, 0.1) is 0 Å². The Morgan fingerprint density at radius 3 is 2.65 bits per heavy atom. The molecule has 1 heterocycles. The lowest BCUT2D eigenvalue weighted by atomic mass is 9.83. The monoisotopic (exact) mass is 312 g/mol. The summed E-state index contributed by atoms with van der Waals surface area (Å²) in [7, 11) is 0. The van der Waals surface area contributed by atoms with Crippen molar-refractivity contribution < 1.29 is 4.52 Å². The van der Waals surface area contributed by atoms with Gasteiger partial charge in [-0.15, -0.1) is 0 Å². The SMILES string of the molecule is CCCN(CCC)C1CCc2cccc(-c3cc(C)on3)c2C1. The second kappa shape index (κ2) is 7.31. The van der Waals surface area contributed by atoms with Gasteiger partial charge in [-0.3, -0.25) is 0 Å². The summed E-state index contributed by atoms with van der Waals surface area (Å²) in [6.07, 6.45) is 6.04. The molecule has 3 heteroatoms. The number of benzene rings is 1. The molecule has 0 saturated carbocycles. The maximum Gasteiger partial charge on any atom is 0.134 e. The average Bonchev–Trinajstić information content (AvgIpc) is 3.00. The molecule has 0 aliphatic heterocycles. The second-order valence-electron chi connectivity index (χ2n) is 6.70. The molecule has 0 radical (unpaired) electrons. The Balaban J connectivity index is 1.89. The zero-order valence-corrected chi connectivity index (χ0v) is 14.6. The molecule has 1 unspecified atom stereocenters. The maximum atomic E-state index is 5.30. The first-order chi connectivity index (χ1) is 11.2. The van der Waals surface area contributed by atoms with E-state index in [9.17, 15) is 0 Å². The van der Waals surface area contributed by atoms with E-state index in [-0.39, 0.29) is 0 Å². The maximum absolute atomic E-state index is 5.30. The number of rotatable bonds is 6. The summed E-state index contributed by atoms with van der Waals surface area (Å²) in [6, 6.07) is 9.36. The van der Waals surface area contributed by atoms with Crippen LogP contribution in [0.4, 0.5) is 0 Å². The zero-order valence-electron chi connectivity index (χ0n) is 14.6. The summed E-state index contributed by atoms with van der Waals surface area (Å²) in [5.41, 5.74) is 5.22. The molecule has 124 valence electrons. The molecule has 1 aromatic heterocycles. The summed E-state index contributed by atoms with van der Waals surface area (Å²) in [4.78, 5) is 2.69. The van der Waals surface area contributed by atoms with Gasteiger partial charge in [0.15, 0.2) is 0 Å². The minimum Gasteiger partial charge on any atom is -0.361 e. The van der Waals surface area contributed by atoms with Crippen molar-refractivity contribution in [2.45, 2.75) is 58.9 Å². The van der Waals surface area contributed by atoms with Crippen LogP contribution in [0.5, 0.6) is 0 Å². The Morgan fingerprint density at radius 2 is 2.00 bits per heavy atom. The Labute approximate surface area is 139 Å². The third-order valence-corrected chi connectivity index (χ3v) is 4.90. The van der Waals surface area contributed by atoms with Gasteiger partial charge in [0.25, 0.3) is 0 Å². The molecule has 3 nitrogen and oxygen atoms in total. The molecule has 1 aliphatic rings. The molecule has 0 amide bonds. The predicted octanol–water partition coefficient (Wildman–Crippen LogP) is 4.63. The van der Waals surface area contributed by atoms with E-state index in [0.29, 0.717) is 6.04 Å². The Bertz CT molecular complexity index is 641. The van der Waals surface area contributed by atoms with Gasteiger partial charge in [-0.2, -0.15) is 0 Å². The van der Waals surface area contributed by atoms with Crippen LogP contribution < -0.4 is 0 Å². The zero-order chi connectivity index (χ0) is 16.2. The fourth-order valence-electron chi connectivity index (χ4n) is 3.87. The van der Waals surface area contributed by atoms with Crippen LogP contribution in [0.3, 0.4) is 0 Å². The van der Waals surface area contributed by atoms with Crippen molar-refractivity contribution in [3.63, 3.8) is 0 Å². The van der Waals surface area contributed by atoms with Gasteiger partial charge >= 0.3 is 0 Å². The van der Waals surface area contributed by atoms with Crippen molar-refractivity contribution >= 4 is 0 Å². The molecule has 0 spiro atoms. The highest BCUT2D eigenvalue weighted by atomic mass is 16.5. The predicted molar refractivity (Wildman–Crippen MR) is 94.6 cm³/mol. The number of hydrogen-bond donors (Lipinski definition) is 0. The van der Waals surface area contributed by atoms with Gasteiger partial charge in [0.2, 0.25) is 0 Å². The highest BCUT2D eigenvalue weighted by Gasteiger charge is 2.26. The van der Waals surface area contributed by atoms with Crippen molar-refractivity contribution in [1.82, 2.24) is 10.1 Å². The minimum atomic E-state index is 0.663. The second-order valence-corrected chi connectivity index (χ2v) is 6.70. The van der Waals surface area contributed by atoms with Gasteiger partial charge in [-0.25, -0.2) is 0 Å². The first kappa shape index (κ1) is 16.3. The molecule has 23 heavy (non-hydrogen) atoms. The quantitative estimate of drug-likeness (QED) is 0.779. The summed E-state index contributed by atoms with van der Waals surface area (Å²) in [6.45, 7) is 8.93. The summed E-state index contributed by atoms with van der Waals surface area (Å²) >= 11 is 0. The standard InChI is InChI=1S/C20H28N2O/c1-4-11-22(12-5-2)17-10-9-16-7-6-8-18(19(16)14-17)20-13-15(3)23-21-20/h6-8,13,17H,4-5,9-12,14H2,1-3H3. The normalized spacial score (nSPS) is 17.5. The number of aromatic nitrogens is 1. The van der Waals surface area contributed by atoms with E-state index in [0.717, 1.165) is 17.9 Å². The molecule has 1 atom stereocenters. The lowest BCUT2D eigenvalue weighted by Crippen LogP contribution is -2.40. The van der Waals surface area contributed by atoms with Crippen LogP contribution in [-0.4, -0.2) is 29.2 Å². The van der Waals surface area contributed by atoms with Crippen molar-refractivity contribution in [2.75, 3.05) is 13.1 Å². The highest BCUT2D eigenvalue weighted by Crippen LogP contribution is 2.33. The van der Waals surface area contributed by atoms with Crippen molar-refractivity contribution in [3.05, 3.63) is 41.2 Å².